The maximum Gasteiger partial charge on any atom is 0.310 e. The number of allylic oxidation sites excluding steroid dienone is 1. The van der Waals surface area contributed by atoms with E-state index in [1.807, 2.05) is 6.07 Å². The van der Waals surface area contributed by atoms with Gasteiger partial charge in [-0.3, -0.25) is 4.79 Å². The minimum Gasteiger partial charge on any atom is -0.539 e. The van der Waals surface area contributed by atoms with Gasteiger partial charge in [0.2, 0.25) is 5.69 Å². The zero-order valence-corrected chi connectivity index (χ0v) is 12.6. The van der Waals surface area contributed by atoms with Crippen molar-refractivity contribution in [3.05, 3.63) is 77.0 Å². The normalized spacial score (nSPS) is 11.0. The largest absolute Gasteiger partial charge is 0.539 e. The minimum absolute atomic E-state index is 0.158. The fourth-order valence-electron chi connectivity index (χ4n) is 2.06. The first kappa shape index (κ1) is 15.0. The maximum atomic E-state index is 12.3. The van der Waals surface area contributed by atoms with E-state index in [1.165, 1.54) is 10.8 Å². The molecule has 0 aliphatic heterocycles. The third-order valence-corrected chi connectivity index (χ3v) is 3.36. The molecule has 0 spiro atoms. The Bertz CT molecular complexity index is 873. The first-order valence-corrected chi connectivity index (χ1v) is 7.15. The molecule has 0 N–H and O–H groups in total. The highest BCUT2D eigenvalue weighted by Gasteiger charge is 2.25. The number of rotatable bonds is 4. The molecule has 23 heavy (non-hydrogen) atoms. The van der Waals surface area contributed by atoms with Gasteiger partial charge in [-0.2, -0.15) is 0 Å². The number of benzene rings is 2. The van der Waals surface area contributed by atoms with Gasteiger partial charge in [0, 0.05) is 17.2 Å². The first-order valence-electron chi connectivity index (χ1n) is 6.77. The van der Waals surface area contributed by atoms with E-state index in [0.29, 0.717) is 10.7 Å². The molecule has 0 atom stereocenters. The van der Waals surface area contributed by atoms with Crippen molar-refractivity contribution in [2.75, 3.05) is 0 Å². The summed E-state index contributed by atoms with van der Waals surface area (Å²) in [7, 11) is 0. The predicted molar refractivity (Wildman–Crippen MR) is 82.3 cm³/mol. The summed E-state index contributed by atoms with van der Waals surface area (Å²) in [5.74, 6) is -1.28. The van der Waals surface area contributed by atoms with Crippen molar-refractivity contribution in [2.45, 2.75) is 0 Å². The lowest BCUT2D eigenvalue weighted by Gasteiger charge is -1.95. The summed E-state index contributed by atoms with van der Waals surface area (Å²) >= 11 is 5.89. The zero-order chi connectivity index (χ0) is 16.2. The lowest BCUT2D eigenvalue weighted by atomic mass is 10.1. The highest BCUT2D eigenvalue weighted by atomic mass is 35.5. The van der Waals surface area contributed by atoms with Crippen molar-refractivity contribution >= 4 is 23.5 Å². The Morgan fingerprint density at radius 1 is 1.17 bits per heavy atom. The Morgan fingerprint density at radius 2 is 1.96 bits per heavy atom. The molecular formula is C17H11ClN2O3. The van der Waals surface area contributed by atoms with Crippen LogP contribution in [0.5, 0.6) is 5.95 Å². The van der Waals surface area contributed by atoms with Gasteiger partial charge in [-0.05, 0) is 28.5 Å². The standard InChI is InChI=1S/C17H11ClN2O3/c18-13-6-4-5-12(11-13)9-10-15(21)16-17(22)23-19-20(16)14-7-2-1-3-8-14/h1-11H/b10-9+. The summed E-state index contributed by atoms with van der Waals surface area (Å²) in [4.78, 5) is 12.3. The van der Waals surface area contributed by atoms with E-state index in [0.717, 1.165) is 5.56 Å². The molecule has 0 aliphatic carbocycles. The monoisotopic (exact) mass is 326 g/mol. The van der Waals surface area contributed by atoms with Gasteiger partial charge in [-0.25, -0.2) is 0 Å². The van der Waals surface area contributed by atoms with E-state index in [4.69, 9.17) is 11.6 Å². The van der Waals surface area contributed by atoms with Crippen LogP contribution in [0.1, 0.15) is 16.1 Å². The Balaban J connectivity index is 1.93. The van der Waals surface area contributed by atoms with Crippen LogP contribution in [0.3, 0.4) is 0 Å². The summed E-state index contributed by atoms with van der Waals surface area (Å²) in [5, 5.41) is 16.0. The van der Waals surface area contributed by atoms with Crippen molar-refractivity contribution in [2.24, 2.45) is 0 Å². The van der Waals surface area contributed by atoms with Crippen LogP contribution >= 0.6 is 11.6 Å². The SMILES string of the molecule is O=C(/C=C/c1cccc(Cl)c1)c1c([O-])on[n+]1-c1ccccc1. The molecule has 0 fully saturated rings. The molecule has 0 radical (unpaired) electrons. The third kappa shape index (κ3) is 3.30. The summed E-state index contributed by atoms with van der Waals surface area (Å²) in [6.07, 6.45) is 2.87. The molecule has 1 aromatic heterocycles. The van der Waals surface area contributed by atoms with Gasteiger partial charge < -0.3 is 9.63 Å². The van der Waals surface area contributed by atoms with Gasteiger partial charge in [-0.15, -0.1) is 0 Å². The van der Waals surface area contributed by atoms with Crippen LogP contribution in [0, 0.1) is 0 Å². The summed E-state index contributed by atoms with van der Waals surface area (Å²) in [6.45, 7) is 0. The number of para-hydroxylation sites is 1. The molecule has 1 heterocycles. The summed E-state index contributed by atoms with van der Waals surface area (Å²) in [5.41, 5.74) is 1.16. The van der Waals surface area contributed by atoms with Crippen LogP contribution in [-0.4, -0.2) is 11.1 Å². The van der Waals surface area contributed by atoms with Crippen LogP contribution < -0.4 is 9.79 Å². The summed E-state index contributed by atoms with van der Waals surface area (Å²) in [6, 6.07) is 15.8. The average molecular weight is 327 g/mol. The molecule has 3 rings (SSSR count). The number of carbonyl (C=O) groups is 1. The van der Waals surface area contributed by atoms with Crippen molar-refractivity contribution in [3.63, 3.8) is 0 Å². The molecule has 0 saturated carbocycles. The molecule has 3 aromatic rings. The second kappa shape index (κ2) is 6.46. The predicted octanol–water partition coefficient (Wildman–Crippen LogP) is 2.57. The number of aromatic nitrogens is 2. The van der Waals surface area contributed by atoms with Crippen molar-refractivity contribution in [3.8, 4) is 11.6 Å². The average Bonchev–Trinajstić information content (AvgIpc) is 2.95. The zero-order valence-electron chi connectivity index (χ0n) is 11.8. The van der Waals surface area contributed by atoms with Gasteiger partial charge in [0.15, 0.2) is 5.95 Å². The maximum absolute atomic E-state index is 12.3. The number of nitrogens with zero attached hydrogens (tertiary/aromatic N) is 2. The second-order valence-electron chi connectivity index (χ2n) is 4.71. The van der Waals surface area contributed by atoms with E-state index >= 15 is 0 Å². The van der Waals surface area contributed by atoms with E-state index in [9.17, 15) is 9.90 Å². The Kier molecular flexibility index (Phi) is 4.21. The summed E-state index contributed by atoms with van der Waals surface area (Å²) < 4.78 is 5.81. The van der Waals surface area contributed by atoms with Crippen molar-refractivity contribution in [1.29, 1.82) is 0 Å². The third-order valence-electron chi connectivity index (χ3n) is 3.12. The van der Waals surface area contributed by atoms with Gasteiger partial charge in [0.25, 0.3) is 5.78 Å². The van der Waals surface area contributed by atoms with Crippen molar-refractivity contribution < 1.29 is 19.1 Å². The quantitative estimate of drug-likeness (QED) is 0.420. The number of halogens is 1. The van der Waals surface area contributed by atoms with E-state index in [1.54, 1.807) is 54.6 Å². The Morgan fingerprint density at radius 3 is 2.70 bits per heavy atom. The number of ketones is 1. The molecule has 0 unspecified atom stereocenters. The molecule has 0 amide bonds. The minimum atomic E-state index is -0.783. The Labute approximate surface area is 137 Å². The van der Waals surface area contributed by atoms with Crippen molar-refractivity contribution in [1.82, 2.24) is 5.27 Å². The molecule has 0 aliphatic rings. The Hall–Kier alpha value is -2.92. The van der Waals surface area contributed by atoms with Crippen LogP contribution in [0.2, 0.25) is 5.02 Å². The highest BCUT2D eigenvalue weighted by Crippen LogP contribution is 2.14. The van der Waals surface area contributed by atoms with Crippen LogP contribution in [-0.2, 0) is 0 Å². The topological polar surface area (TPSA) is 70.0 Å². The molecule has 0 bridgehead atoms. The van der Waals surface area contributed by atoms with Crippen LogP contribution in [0.25, 0.3) is 11.8 Å². The lowest BCUT2D eigenvalue weighted by molar-refractivity contribution is -0.672. The second-order valence-corrected chi connectivity index (χ2v) is 5.15. The fraction of sp³-hybridized carbons (Fsp3) is 0. The smallest absolute Gasteiger partial charge is 0.310 e. The number of hydrogen-bond donors (Lipinski definition) is 0. The van der Waals surface area contributed by atoms with Crippen LogP contribution in [0.15, 0.2) is 65.2 Å². The van der Waals surface area contributed by atoms with Gasteiger partial charge in [-0.1, -0.05) is 48.0 Å². The van der Waals surface area contributed by atoms with Gasteiger partial charge in [0.1, 0.15) is 0 Å². The van der Waals surface area contributed by atoms with Gasteiger partial charge >= 0.3 is 5.69 Å². The molecule has 114 valence electrons. The van der Waals surface area contributed by atoms with E-state index in [2.05, 4.69) is 9.79 Å². The highest BCUT2D eigenvalue weighted by molar-refractivity contribution is 6.30. The molecule has 5 nitrogen and oxygen atoms in total. The molecule has 2 aromatic carbocycles. The number of hydrogen-bond acceptors (Lipinski definition) is 4. The fourth-order valence-corrected chi connectivity index (χ4v) is 2.26. The molecule has 0 saturated heterocycles. The van der Waals surface area contributed by atoms with Gasteiger partial charge in [0.05, 0.1) is 5.27 Å². The molecule has 6 heteroatoms. The number of carbonyl (C=O) groups excluding carboxylic acids is 1. The van der Waals surface area contributed by atoms with E-state index in [-0.39, 0.29) is 5.69 Å². The van der Waals surface area contributed by atoms with E-state index < -0.39 is 11.7 Å². The molecular weight excluding hydrogens is 316 g/mol. The lowest BCUT2D eigenvalue weighted by Crippen LogP contribution is -2.38. The van der Waals surface area contributed by atoms with Crippen LogP contribution in [0.4, 0.5) is 0 Å². The first-order chi connectivity index (χ1) is 11.1.